The smallest absolute Gasteiger partial charge is 0.258 e. The SMILES string of the molecule is Nc1ccc(-c2nc(Cc3ccccc3Cl)no2)cc1F. The molecule has 6 heteroatoms. The Morgan fingerprint density at radius 2 is 2.00 bits per heavy atom. The molecule has 2 N–H and O–H groups in total. The van der Waals surface area contributed by atoms with Crippen molar-refractivity contribution in [1.82, 2.24) is 10.1 Å². The molecule has 0 bridgehead atoms. The molecule has 0 saturated carbocycles. The van der Waals surface area contributed by atoms with E-state index in [-0.39, 0.29) is 11.6 Å². The van der Waals surface area contributed by atoms with Crippen molar-refractivity contribution < 1.29 is 8.91 Å². The first-order valence-electron chi connectivity index (χ1n) is 6.25. The van der Waals surface area contributed by atoms with E-state index in [9.17, 15) is 4.39 Å². The zero-order chi connectivity index (χ0) is 14.8. The Balaban J connectivity index is 1.86. The Hall–Kier alpha value is -2.40. The second-order valence-electron chi connectivity index (χ2n) is 4.52. The van der Waals surface area contributed by atoms with Gasteiger partial charge in [-0.1, -0.05) is 35.0 Å². The number of rotatable bonds is 3. The fraction of sp³-hybridized carbons (Fsp3) is 0.0667. The summed E-state index contributed by atoms with van der Waals surface area (Å²) >= 11 is 6.09. The van der Waals surface area contributed by atoms with Gasteiger partial charge < -0.3 is 10.3 Å². The van der Waals surface area contributed by atoms with E-state index in [1.807, 2.05) is 18.2 Å². The lowest BCUT2D eigenvalue weighted by Crippen LogP contribution is -1.92. The molecule has 3 rings (SSSR count). The van der Waals surface area contributed by atoms with E-state index in [1.54, 1.807) is 12.1 Å². The average molecular weight is 304 g/mol. The van der Waals surface area contributed by atoms with Crippen molar-refractivity contribution in [2.45, 2.75) is 6.42 Å². The van der Waals surface area contributed by atoms with E-state index in [0.717, 1.165) is 5.56 Å². The number of halogens is 2. The molecule has 4 nitrogen and oxygen atoms in total. The zero-order valence-corrected chi connectivity index (χ0v) is 11.6. The van der Waals surface area contributed by atoms with Crippen LogP contribution in [0.4, 0.5) is 10.1 Å². The van der Waals surface area contributed by atoms with Gasteiger partial charge in [0.25, 0.3) is 5.89 Å². The van der Waals surface area contributed by atoms with Crippen LogP contribution in [0.5, 0.6) is 0 Å². The topological polar surface area (TPSA) is 64.9 Å². The van der Waals surface area contributed by atoms with Crippen molar-refractivity contribution in [3.8, 4) is 11.5 Å². The van der Waals surface area contributed by atoms with Gasteiger partial charge in [-0.05, 0) is 29.8 Å². The van der Waals surface area contributed by atoms with Crippen LogP contribution in [0.2, 0.25) is 5.02 Å². The minimum atomic E-state index is -0.515. The second-order valence-corrected chi connectivity index (χ2v) is 4.93. The van der Waals surface area contributed by atoms with Gasteiger partial charge in [-0.25, -0.2) is 4.39 Å². The van der Waals surface area contributed by atoms with Crippen molar-refractivity contribution in [2.24, 2.45) is 0 Å². The fourth-order valence-corrected chi connectivity index (χ4v) is 2.12. The molecule has 0 amide bonds. The highest BCUT2D eigenvalue weighted by Crippen LogP contribution is 2.23. The summed E-state index contributed by atoms with van der Waals surface area (Å²) in [4.78, 5) is 4.24. The number of hydrogen-bond acceptors (Lipinski definition) is 4. The Morgan fingerprint density at radius 1 is 1.19 bits per heavy atom. The van der Waals surface area contributed by atoms with Crippen molar-refractivity contribution >= 4 is 17.3 Å². The molecule has 0 aliphatic heterocycles. The average Bonchev–Trinajstić information content (AvgIpc) is 2.93. The van der Waals surface area contributed by atoms with Crippen LogP contribution in [0.1, 0.15) is 11.4 Å². The van der Waals surface area contributed by atoms with Gasteiger partial charge in [-0.3, -0.25) is 0 Å². The summed E-state index contributed by atoms with van der Waals surface area (Å²) < 4.78 is 18.6. The second kappa shape index (κ2) is 5.54. The lowest BCUT2D eigenvalue weighted by Gasteiger charge is -1.99. The number of nitrogens with two attached hydrogens (primary N) is 1. The van der Waals surface area contributed by atoms with Crippen LogP contribution < -0.4 is 5.73 Å². The van der Waals surface area contributed by atoms with Crippen molar-refractivity contribution in [2.75, 3.05) is 5.73 Å². The van der Waals surface area contributed by atoms with Crippen LogP contribution in [-0.2, 0) is 6.42 Å². The summed E-state index contributed by atoms with van der Waals surface area (Å²) in [7, 11) is 0. The van der Waals surface area contributed by atoms with Crippen LogP contribution in [0.15, 0.2) is 47.0 Å². The molecule has 21 heavy (non-hydrogen) atoms. The number of hydrogen-bond donors (Lipinski definition) is 1. The van der Waals surface area contributed by atoms with E-state index in [4.69, 9.17) is 21.9 Å². The van der Waals surface area contributed by atoms with E-state index in [0.29, 0.717) is 22.8 Å². The van der Waals surface area contributed by atoms with Gasteiger partial charge in [0.05, 0.1) is 5.69 Å². The number of aromatic nitrogens is 2. The Morgan fingerprint density at radius 3 is 2.76 bits per heavy atom. The normalized spacial score (nSPS) is 10.8. The fourth-order valence-electron chi connectivity index (χ4n) is 1.92. The monoisotopic (exact) mass is 303 g/mol. The number of nitrogen functional groups attached to an aromatic ring is 1. The number of benzene rings is 2. The summed E-state index contributed by atoms with van der Waals surface area (Å²) in [5.41, 5.74) is 6.90. The quantitative estimate of drug-likeness (QED) is 0.749. The molecule has 0 fully saturated rings. The molecule has 1 aromatic heterocycles. The molecular weight excluding hydrogens is 293 g/mol. The van der Waals surface area contributed by atoms with Crippen molar-refractivity contribution in [3.05, 3.63) is 64.7 Å². The first kappa shape index (κ1) is 13.6. The van der Waals surface area contributed by atoms with Crippen LogP contribution in [0.25, 0.3) is 11.5 Å². The van der Waals surface area contributed by atoms with Crippen LogP contribution >= 0.6 is 11.6 Å². The van der Waals surface area contributed by atoms with Gasteiger partial charge in [0, 0.05) is 17.0 Å². The summed E-state index contributed by atoms with van der Waals surface area (Å²) in [5.74, 6) is 0.213. The number of nitrogens with zero attached hydrogens (tertiary/aromatic N) is 2. The number of anilines is 1. The summed E-state index contributed by atoms with van der Waals surface area (Å²) in [5, 5.41) is 4.52. The maximum absolute atomic E-state index is 13.4. The molecule has 0 aliphatic rings. The molecule has 2 aromatic carbocycles. The van der Waals surface area contributed by atoms with Gasteiger partial charge in [0.1, 0.15) is 5.82 Å². The van der Waals surface area contributed by atoms with E-state index in [2.05, 4.69) is 10.1 Å². The van der Waals surface area contributed by atoms with E-state index < -0.39 is 5.82 Å². The van der Waals surface area contributed by atoms with Crippen LogP contribution in [0, 0.1) is 5.82 Å². The molecule has 106 valence electrons. The third-order valence-corrected chi connectivity index (χ3v) is 3.39. The highest BCUT2D eigenvalue weighted by Gasteiger charge is 2.12. The maximum atomic E-state index is 13.4. The van der Waals surface area contributed by atoms with Gasteiger partial charge in [-0.15, -0.1) is 0 Å². The predicted octanol–water partition coefficient (Wildman–Crippen LogP) is 3.70. The third-order valence-electron chi connectivity index (χ3n) is 3.02. The van der Waals surface area contributed by atoms with Gasteiger partial charge in [0.2, 0.25) is 0 Å². The molecule has 3 aromatic rings. The predicted molar refractivity (Wildman–Crippen MR) is 78.4 cm³/mol. The molecule has 0 unspecified atom stereocenters. The molecule has 0 radical (unpaired) electrons. The Labute approximate surface area is 125 Å². The van der Waals surface area contributed by atoms with E-state index in [1.165, 1.54) is 12.1 Å². The van der Waals surface area contributed by atoms with Gasteiger partial charge in [-0.2, -0.15) is 4.98 Å². The summed E-state index contributed by atoms with van der Waals surface area (Å²) in [6, 6.07) is 11.8. The lowest BCUT2D eigenvalue weighted by molar-refractivity contribution is 0.423. The van der Waals surface area contributed by atoms with Gasteiger partial charge >= 0.3 is 0 Å². The molecule has 0 atom stereocenters. The minimum Gasteiger partial charge on any atom is -0.396 e. The summed E-state index contributed by atoms with van der Waals surface area (Å²) in [6.45, 7) is 0. The Bertz CT molecular complexity index is 788. The molecular formula is C15H11ClFN3O. The molecule has 0 saturated heterocycles. The lowest BCUT2D eigenvalue weighted by atomic mass is 10.1. The highest BCUT2D eigenvalue weighted by atomic mass is 35.5. The Kier molecular flexibility index (Phi) is 3.58. The third kappa shape index (κ3) is 2.87. The largest absolute Gasteiger partial charge is 0.396 e. The van der Waals surface area contributed by atoms with Crippen molar-refractivity contribution in [1.29, 1.82) is 0 Å². The van der Waals surface area contributed by atoms with Crippen LogP contribution in [0.3, 0.4) is 0 Å². The highest BCUT2D eigenvalue weighted by molar-refractivity contribution is 6.31. The molecule has 0 spiro atoms. The summed E-state index contributed by atoms with van der Waals surface area (Å²) in [6.07, 6.45) is 0.445. The molecule has 1 heterocycles. The standard InChI is InChI=1S/C15H11ClFN3O/c16-11-4-2-1-3-9(11)8-14-19-15(21-20-14)10-5-6-13(18)12(17)7-10/h1-7H,8,18H2. The first-order chi connectivity index (χ1) is 10.1. The van der Waals surface area contributed by atoms with E-state index >= 15 is 0 Å². The molecule has 0 aliphatic carbocycles. The minimum absolute atomic E-state index is 0.0783. The first-order valence-corrected chi connectivity index (χ1v) is 6.62. The maximum Gasteiger partial charge on any atom is 0.258 e. The zero-order valence-electron chi connectivity index (χ0n) is 10.9. The van der Waals surface area contributed by atoms with Crippen LogP contribution in [-0.4, -0.2) is 10.1 Å². The van der Waals surface area contributed by atoms with Crippen molar-refractivity contribution in [3.63, 3.8) is 0 Å². The van der Waals surface area contributed by atoms with Gasteiger partial charge in [0.15, 0.2) is 5.82 Å².